The van der Waals surface area contributed by atoms with Crippen molar-refractivity contribution in [2.24, 2.45) is 0 Å². The van der Waals surface area contributed by atoms with Crippen molar-refractivity contribution in [1.29, 1.82) is 0 Å². The quantitative estimate of drug-likeness (QED) is 0.255. The van der Waals surface area contributed by atoms with E-state index < -0.39 is 44.0 Å². The molecule has 2 rings (SSSR count). The largest absolute Gasteiger partial charge is 0.454 e. The van der Waals surface area contributed by atoms with Gasteiger partial charge < -0.3 is 4.74 Å². The number of nitro groups is 1. The summed E-state index contributed by atoms with van der Waals surface area (Å²) in [5, 5.41) is 10.6. The van der Waals surface area contributed by atoms with Gasteiger partial charge in [0.05, 0.1) is 10.5 Å². The number of halogens is 1. The first-order chi connectivity index (χ1) is 14.1. The molecule has 0 amide bonds. The Labute approximate surface area is 172 Å². The van der Waals surface area contributed by atoms with Crippen LogP contribution in [-0.2, 0) is 14.8 Å². The molecule has 11 heteroatoms. The van der Waals surface area contributed by atoms with Crippen molar-refractivity contribution in [1.82, 2.24) is 4.31 Å². The van der Waals surface area contributed by atoms with Crippen LogP contribution in [0.1, 0.15) is 34.6 Å². The minimum Gasteiger partial charge on any atom is -0.454 e. The van der Waals surface area contributed by atoms with Gasteiger partial charge in [-0.3, -0.25) is 14.9 Å². The fourth-order valence-corrected chi connectivity index (χ4v) is 4.15. The molecule has 0 unspecified atom stereocenters. The van der Waals surface area contributed by atoms with Gasteiger partial charge in [-0.05, 0) is 30.3 Å². The van der Waals surface area contributed by atoms with Gasteiger partial charge in [-0.2, -0.15) is 4.31 Å². The number of rotatable bonds is 9. The van der Waals surface area contributed by atoms with Gasteiger partial charge in [0.1, 0.15) is 10.7 Å². The van der Waals surface area contributed by atoms with E-state index in [4.69, 9.17) is 4.74 Å². The summed E-state index contributed by atoms with van der Waals surface area (Å²) in [5.74, 6) is -2.64. The Morgan fingerprint density at radius 2 is 1.63 bits per heavy atom. The Morgan fingerprint density at radius 1 is 1.07 bits per heavy atom. The zero-order chi connectivity index (χ0) is 22.5. The number of sulfonamides is 1. The number of Topliss-reactive ketones (excluding diaryl/α,β-unsaturated/α-hetero) is 1. The van der Waals surface area contributed by atoms with Crippen LogP contribution in [-0.4, -0.2) is 49.1 Å². The average molecular weight is 438 g/mol. The summed E-state index contributed by atoms with van der Waals surface area (Å²) in [5.41, 5.74) is -0.340. The monoisotopic (exact) mass is 438 g/mol. The molecule has 2 aromatic carbocycles. The first kappa shape index (κ1) is 23.1. The molecule has 0 saturated heterocycles. The third kappa shape index (κ3) is 5.05. The number of ether oxygens (including phenoxy) is 1. The van der Waals surface area contributed by atoms with E-state index in [2.05, 4.69) is 0 Å². The number of hydrogen-bond acceptors (Lipinski definition) is 7. The van der Waals surface area contributed by atoms with Gasteiger partial charge in [0.2, 0.25) is 10.0 Å². The topological polar surface area (TPSA) is 124 Å². The van der Waals surface area contributed by atoms with E-state index in [1.54, 1.807) is 13.8 Å². The smallest absolute Gasteiger partial charge is 0.338 e. The molecule has 0 heterocycles. The van der Waals surface area contributed by atoms with Gasteiger partial charge in [0, 0.05) is 30.8 Å². The highest BCUT2D eigenvalue weighted by Gasteiger charge is 2.27. The second-order valence-electron chi connectivity index (χ2n) is 6.04. The number of nitrogens with zero attached hydrogens (tertiary/aromatic N) is 2. The molecule has 0 radical (unpaired) electrons. The first-order valence-electron chi connectivity index (χ1n) is 8.86. The standard InChI is InChI=1S/C19H19FN2O7S/c1-3-21(4-2)30(27,28)18-11-14(7-10-16(18)20)19(24)29-12-17(23)13-5-8-15(9-6-13)22(25)26/h5-11H,3-4,12H2,1-2H3. The molecule has 0 fully saturated rings. The van der Waals surface area contributed by atoms with E-state index in [-0.39, 0.29) is 29.9 Å². The normalized spacial score (nSPS) is 11.3. The SMILES string of the molecule is CCN(CC)S(=O)(=O)c1cc(C(=O)OCC(=O)c2ccc([N+](=O)[O-])cc2)ccc1F. The second kappa shape index (κ2) is 9.55. The van der Waals surface area contributed by atoms with Gasteiger partial charge in [-0.1, -0.05) is 13.8 Å². The van der Waals surface area contributed by atoms with Crippen molar-refractivity contribution in [2.45, 2.75) is 18.7 Å². The molecule has 0 bridgehead atoms. The predicted molar refractivity (Wildman–Crippen MR) is 104 cm³/mol. The minimum absolute atomic E-state index is 0.0947. The van der Waals surface area contributed by atoms with E-state index in [0.717, 1.165) is 34.6 Å². The lowest BCUT2D eigenvalue weighted by Gasteiger charge is -2.19. The third-order valence-electron chi connectivity index (χ3n) is 4.22. The van der Waals surface area contributed by atoms with Gasteiger partial charge in [-0.15, -0.1) is 0 Å². The van der Waals surface area contributed by atoms with Crippen molar-refractivity contribution in [3.63, 3.8) is 0 Å². The molecule has 0 aliphatic carbocycles. The lowest BCUT2D eigenvalue weighted by Crippen LogP contribution is -2.31. The van der Waals surface area contributed by atoms with E-state index in [0.29, 0.717) is 0 Å². The number of ketones is 1. The molecular weight excluding hydrogens is 419 g/mol. The zero-order valence-corrected chi connectivity index (χ0v) is 17.0. The molecule has 0 aromatic heterocycles. The highest BCUT2D eigenvalue weighted by atomic mass is 32.2. The van der Waals surface area contributed by atoms with E-state index in [1.165, 1.54) is 12.1 Å². The lowest BCUT2D eigenvalue weighted by atomic mass is 10.1. The van der Waals surface area contributed by atoms with Crippen molar-refractivity contribution in [2.75, 3.05) is 19.7 Å². The van der Waals surface area contributed by atoms with Crippen LogP contribution in [0.15, 0.2) is 47.4 Å². The fourth-order valence-electron chi connectivity index (χ4n) is 2.60. The number of hydrogen-bond donors (Lipinski definition) is 0. The molecule has 0 aliphatic rings. The molecule has 160 valence electrons. The Balaban J connectivity index is 2.16. The third-order valence-corrected chi connectivity index (χ3v) is 6.29. The van der Waals surface area contributed by atoms with Crippen LogP contribution in [0.5, 0.6) is 0 Å². The summed E-state index contributed by atoms with van der Waals surface area (Å²) in [4.78, 5) is 33.7. The van der Waals surface area contributed by atoms with Gasteiger partial charge in [-0.25, -0.2) is 17.6 Å². The maximum Gasteiger partial charge on any atom is 0.338 e. The number of non-ortho nitro benzene ring substituents is 1. The summed E-state index contributed by atoms with van der Waals surface area (Å²) in [6, 6.07) is 7.47. The minimum atomic E-state index is -4.14. The van der Waals surface area contributed by atoms with Crippen LogP contribution in [0.2, 0.25) is 0 Å². The van der Waals surface area contributed by atoms with Crippen molar-refractivity contribution in [3.05, 3.63) is 69.5 Å². The van der Waals surface area contributed by atoms with Crippen molar-refractivity contribution in [3.8, 4) is 0 Å². The van der Waals surface area contributed by atoms with Crippen LogP contribution >= 0.6 is 0 Å². The Morgan fingerprint density at radius 3 is 2.17 bits per heavy atom. The Bertz CT molecular complexity index is 1060. The molecule has 2 aromatic rings. The molecule has 0 atom stereocenters. The van der Waals surface area contributed by atoms with Crippen LogP contribution in [0.4, 0.5) is 10.1 Å². The molecule has 0 N–H and O–H groups in total. The maximum absolute atomic E-state index is 14.1. The molecular formula is C19H19FN2O7S. The van der Waals surface area contributed by atoms with Gasteiger partial charge >= 0.3 is 5.97 Å². The summed E-state index contributed by atoms with van der Waals surface area (Å²) < 4.78 is 45.2. The number of nitro benzene ring substituents is 1. The highest BCUT2D eigenvalue weighted by molar-refractivity contribution is 7.89. The number of benzene rings is 2. The molecule has 0 spiro atoms. The van der Waals surface area contributed by atoms with E-state index >= 15 is 0 Å². The molecule has 0 saturated carbocycles. The Kier molecular flexibility index (Phi) is 7.35. The van der Waals surface area contributed by atoms with Gasteiger partial charge in [0.15, 0.2) is 12.4 Å². The average Bonchev–Trinajstić information content (AvgIpc) is 2.72. The zero-order valence-electron chi connectivity index (χ0n) is 16.2. The van der Waals surface area contributed by atoms with Crippen LogP contribution in [0, 0.1) is 15.9 Å². The summed E-state index contributed by atoms with van der Waals surface area (Å²) in [6.07, 6.45) is 0. The molecule has 30 heavy (non-hydrogen) atoms. The summed E-state index contributed by atoms with van der Waals surface area (Å²) in [6.45, 7) is 2.77. The number of esters is 1. The van der Waals surface area contributed by atoms with E-state index in [9.17, 15) is 32.5 Å². The highest BCUT2D eigenvalue weighted by Crippen LogP contribution is 2.21. The number of carbonyl (C=O) groups excluding carboxylic acids is 2. The number of carbonyl (C=O) groups is 2. The summed E-state index contributed by atoms with van der Waals surface area (Å²) in [7, 11) is -4.14. The van der Waals surface area contributed by atoms with Crippen LogP contribution < -0.4 is 0 Å². The lowest BCUT2D eigenvalue weighted by molar-refractivity contribution is -0.384. The van der Waals surface area contributed by atoms with Crippen LogP contribution in [0.3, 0.4) is 0 Å². The first-order valence-corrected chi connectivity index (χ1v) is 10.3. The summed E-state index contributed by atoms with van der Waals surface area (Å²) >= 11 is 0. The van der Waals surface area contributed by atoms with Crippen molar-refractivity contribution >= 4 is 27.5 Å². The van der Waals surface area contributed by atoms with Crippen LogP contribution in [0.25, 0.3) is 0 Å². The predicted octanol–water partition coefficient (Wildman–Crippen LogP) is 2.80. The maximum atomic E-state index is 14.1. The van der Waals surface area contributed by atoms with E-state index in [1.807, 2.05) is 0 Å². The van der Waals surface area contributed by atoms with Gasteiger partial charge in [0.25, 0.3) is 5.69 Å². The van der Waals surface area contributed by atoms with Crippen molar-refractivity contribution < 1.29 is 32.1 Å². The molecule has 9 nitrogen and oxygen atoms in total. The Hall–Kier alpha value is -3.18. The fraction of sp³-hybridized carbons (Fsp3) is 0.263. The molecule has 0 aliphatic heterocycles. The second-order valence-corrected chi connectivity index (χ2v) is 7.94.